The third-order valence-corrected chi connectivity index (χ3v) is 1.50. The Labute approximate surface area is 64.5 Å². The molecule has 0 saturated heterocycles. The highest BCUT2D eigenvalue weighted by molar-refractivity contribution is 6.45. The zero-order valence-corrected chi connectivity index (χ0v) is 5.77. The van der Waals surface area contributed by atoms with Crippen molar-refractivity contribution < 1.29 is 14.8 Å². The summed E-state index contributed by atoms with van der Waals surface area (Å²) < 4.78 is 0. The van der Waals surface area contributed by atoms with Crippen LogP contribution in [0.25, 0.3) is 0 Å². The highest BCUT2D eigenvalue weighted by Crippen LogP contribution is 2.22. The van der Waals surface area contributed by atoms with Crippen LogP contribution in [0.4, 0.5) is 0 Å². The molecule has 2 N–H and O–H groups in total. The summed E-state index contributed by atoms with van der Waals surface area (Å²) in [7, 11) is -1.52. The van der Waals surface area contributed by atoms with Gasteiger partial charge in [-0.3, -0.25) is 0 Å². The normalized spacial score (nSPS) is 21.6. The Hall–Kier alpha value is -1.09. The molecule has 1 rings (SSSR count). The molecule has 0 bridgehead atoms. The van der Waals surface area contributed by atoms with E-state index in [2.05, 4.69) is 0 Å². The first-order valence-electron chi connectivity index (χ1n) is 3.21. The average molecular weight is 150 g/mol. The second-order valence-electron chi connectivity index (χ2n) is 2.24. The summed E-state index contributed by atoms with van der Waals surface area (Å²) in [6.07, 6.45) is 6.37. The van der Waals surface area contributed by atoms with E-state index in [1.165, 1.54) is 6.08 Å². The number of rotatable bonds is 1. The molecule has 11 heavy (non-hydrogen) atoms. The summed E-state index contributed by atoms with van der Waals surface area (Å²) in [5.41, 5.74) is 0.266. The van der Waals surface area contributed by atoms with Crippen molar-refractivity contribution in [3.05, 3.63) is 29.9 Å². The van der Waals surface area contributed by atoms with Crippen molar-refractivity contribution in [2.75, 3.05) is 0 Å². The van der Waals surface area contributed by atoms with Gasteiger partial charge in [0.25, 0.3) is 0 Å². The van der Waals surface area contributed by atoms with E-state index in [0.717, 1.165) is 0 Å². The molecule has 0 radical (unpaired) electrons. The van der Waals surface area contributed by atoms with E-state index >= 15 is 0 Å². The van der Waals surface area contributed by atoms with Gasteiger partial charge in [0.05, 0.1) is 0 Å². The van der Waals surface area contributed by atoms with Crippen molar-refractivity contribution in [2.45, 2.75) is 5.82 Å². The maximum absolute atomic E-state index is 10.2. The Morgan fingerprint density at radius 3 is 2.64 bits per heavy atom. The van der Waals surface area contributed by atoms with Gasteiger partial charge in [-0.2, -0.15) is 0 Å². The molecule has 1 aliphatic carbocycles. The molecule has 1 aliphatic rings. The molecule has 3 nitrogen and oxygen atoms in total. The van der Waals surface area contributed by atoms with Gasteiger partial charge < -0.3 is 10.0 Å². The first kappa shape index (κ1) is 8.02. The van der Waals surface area contributed by atoms with Crippen LogP contribution in [0.3, 0.4) is 0 Å². The lowest BCUT2D eigenvalue weighted by molar-refractivity contribution is 0.401. The average Bonchev–Trinajstić information content (AvgIpc) is 2.04. The van der Waals surface area contributed by atoms with Gasteiger partial charge in [-0.25, -0.2) is 4.79 Å². The quantitative estimate of drug-likeness (QED) is 0.399. The smallest absolute Gasteiger partial charge is 0.426 e. The monoisotopic (exact) mass is 150 g/mol. The molecular formula is C7H7BO3. The van der Waals surface area contributed by atoms with Gasteiger partial charge in [0.2, 0.25) is 0 Å². The molecule has 0 saturated carbocycles. The molecule has 0 spiro atoms. The van der Waals surface area contributed by atoms with Gasteiger partial charge in [0, 0.05) is 11.4 Å². The maximum Gasteiger partial charge on any atom is 0.464 e. The zero-order chi connectivity index (χ0) is 8.27. The molecule has 1 unspecified atom stereocenters. The third-order valence-electron chi connectivity index (χ3n) is 1.50. The molecule has 0 aliphatic heterocycles. The fourth-order valence-corrected chi connectivity index (χ4v) is 0.920. The lowest BCUT2D eigenvalue weighted by Crippen LogP contribution is -2.20. The second kappa shape index (κ2) is 3.35. The van der Waals surface area contributed by atoms with Crippen molar-refractivity contribution in [3.63, 3.8) is 0 Å². The predicted octanol–water partition coefficient (Wildman–Crippen LogP) is -0.287. The van der Waals surface area contributed by atoms with Crippen LogP contribution in [-0.2, 0) is 4.79 Å². The summed E-state index contributed by atoms with van der Waals surface area (Å²) in [6, 6.07) is 0. The standard InChI is InChI=1S/C7H7BO3/c9-5-6-3-1-2-4-7(6)8(10)11/h1-4,7,10-11H. The Kier molecular flexibility index (Phi) is 2.44. The van der Waals surface area contributed by atoms with Crippen LogP contribution in [0.5, 0.6) is 0 Å². The van der Waals surface area contributed by atoms with Crippen LogP contribution >= 0.6 is 0 Å². The number of hydrogen-bond donors (Lipinski definition) is 2. The van der Waals surface area contributed by atoms with E-state index in [-0.39, 0.29) is 5.57 Å². The lowest BCUT2D eigenvalue weighted by atomic mass is 9.67. The highest BCUT2D eigenvalue weighted by atomic mass is 16.4. The highest BCUT2D eigenvalue weighted by Gasteiger charge is 2.25. The Morgan fingerprint density at radius 1 is 1.45 bits per heavy atom. The van der Waals surface area contributed by atoms with Gasteiger partial charge >= 0.3 is 7.12 Å². The minimum Gasteiger partial charge on any atom is -0.426 e. The van der Waals surface area contributed by atoms with Crippen LogP contribution in [0.15, 0.2) is 29.9 Å². The molecule has 1 atom stereocenters. The first-order valence-corrected chi connectivity index (χ1v) is 3.21. The minimum atomic E-state index is -1.52. The molecule has 0 aromatic heterocycles. The second-order valence-corrected chi connectivity index (χ2v) is 2.24. The van der Waals surface area contributed by atoms with Gasteiger partial charge in [-0.1, -0.05) is 18.2 Å². The molecule has 0 heterocycles. The van der Waals surface area contributed by atoms with E-state index in [9.17, 15) is 4.79 Å². The SMILES string of the molecule is O=C=C1C=CC=CC1B(O)O. The Morgan fingerprint density at radius 2 is 2.18 bits per heavy atom. The van der Waals surface area contributed by atoms with Crippen molar-refractivity contribution in [1.82, 2.24) is 0 Å². The van der Waals surface area contributed by atoms with E-state index < -0.39 is 12.9 Å². The number of carbonyl (C=O) groups excluding carboxylic acids is 1. The molecule has 56 valence electrons. The van der Waals surface area contributed by atoms with Gasteiger partial charge in [-0.15, -0.1) is 0 Å². The summed E-state index contributed by atoms with van der Waals surface area (Å²) in [4.78, 5) is 10.2. The zero-order valence-electron chi connectivity index (χ0n) is 5.77. The largest absolute Gasteiger partial charge is 0.464 e. The summed E-state index contributed by atoms with van der Waals surface area (Å²) in [5, 5.41) is 17.5. The molecule has 0 aromatic rings. The van der Waals surface area contributed by atoms with Crippen molar-refractivity contribution in [3.8, 4) is 0 Å². The van der Waals surface area contributed by atoms with E-state index in [1.807, 2.05) is 0 Å². The fourth-order valence-electron chi connectivity index (χ4n) is 0.920. The maximum atomic E-state index is 10.2. The molecule has 0 fully saturated rings. The van der Waals surface area contributed by atoms with Crippen molar-refractivity contribution >= 4 is 13.1 Å². The van der Waals surface area contributed by atoms with Crippen LogP contribution < -0.4 is 0 Å². The van der Waals surface area contributed by atoms with Gasteiger partial charge in [-0.05, 0) is 6.08 Å². The van der Waals surface area contributed by atoms with Crippen LogP contribution in [0.1, 0.15) is 0 Å². The summed E-state index contributed by atoms with van der Waals surface area (Å²) in [6.45, 7) is 0. The minimum absolute atomic E-state index is 0.266. The van der Waals surface area contributed by atoms with Gasteiger partial charge in [0.15, 0.2) is 0 Å². The Bertz CT molecular complexity index is 248. The van der Waals surface area contributed by atoms with Crippen molar-refractivity contribution in [2.24, 2.45) is 0 Å². The third kappa shape index (κ3) is 1.68. The summed E-state index contributed by atoms with van der Waals surface area (Å²) in [5.74, 6) is 1.02. The molecule has 0 amide bonds. The predicted molar refractivity (Wildman–Crippen MR) is 41.4 cm³/mol. The lowest BCUT2D eigenvalue weighted by Gasteiger charge is -2.11. The van der Waals surface area contributed by atoms with Crippen LogP contribution in [0, 0.1) is 0 Å². The first-order chi connectivity index (χ1) is 5.25. The fraction of sp³-hybridized carbons (Fsp3) is 0.143. The number of hydrogen-bond acceptors (Lipinski definition) is 3. The van der Waals surface area contributed by atoms with Crippen molar-refractivity contribution in [1.29, 1.82) is 0 Å². The van der Waals surface area contributed by atoms with E-state index in [1.54, 1.807) is 24.2 Å². The van der Waals surface area contributed by atoms with E-state index in [4.69, 9.17) is 10.0 Å². The summed E-state index contributed by atoms with van der Waals surface area (Å²) >= 11 is 0. The van der Waals surface area contributed by atoms with E-state index in [0.29, 0.717) is 0 Å². The van der Waals surface area contributed by atoms with Crippen LogP contribution in [0.2, 0.25) is 5.82 Å². The van der Waals surface area contributed by atoms with Crippen LogP contribution in [-0.4, -0.2) is 23.1 Å². The topological polar surface area (TPSA) is 57.5 Å². The molecule has 4 heteroatoms. The molecule has 0 aromatic carbocycles. The molecular weight excluding hydrogens is 143 g/mol. The van der Waals surface area contributed by atoms with Gasteiger partial charge in [0.1, 0.15) is 5.94 Å². The Balaban J connectivity index is 2.88. The number of allylic oxidation sites excluding steroid dienone is 5.